The molecule has 0 heterocycles. The second-order valence-corrected chi connectivity index (χ2v) is 6.48. The van der Waals surface area contributed by atoms with Gasteiger partial charge in [-0.1, -0.05) is 62.5 Å². The Morgan fingerprint density at radius 2 is 1.95 bits per heavy atom. The quantitative estimate of drug-likeness (QED) is 0.667. The maximum absolute atomic E-state index is 14.3. The van der Waals surface area contributed by atoms with Gasteiger partial charge in [-0.25, -0.2) is 4.39 Å². The van der Waals surface area contributed by atoms with E-state index < -0.39 is 0 Å². The van der Waals surface area contributed by atoms with Crippen molar-refractivity contribution in [2.24, 2.45) is 0 Å². The van der Waals surface area contributed by atoms with E-state index >= 15 is 0 Å². The van der Waals surface area contributed by atoms with Crippen LogP contribution in [0.4, 0.5) is 4.39 Å². The number of hydrogen-bond acceptors (Lipinski definition) is 1. The van der Waals surface area contributed by atoms with E-state index in [0.717, 1.165) is 21.1 Å². The van der Waals surface area contributed by atoms with Gasteiger partial charge in [-0.3, -0.25) is 0 Å². The normalized spacial score (nSPS) is 12.4. The third-order valence-corrected chi connectivity index (χ3v) is 4.48. The zero-order valence-corrected chi connectivity index (χ0v) is 14.7. The van der Waals surface area contributed by atoms with E-state index in [1.165, 1.54) is 0 Å². The topological polar surface area (TPSA) is 12.0 Å². The molecule has 0 saturated heterocycles. The van der Waals surface area contributed by atoms with E-state index in [-0.39, 0.29) is 16.9 Å². The highest BCUT2D eigenvalue weighted by Crippen LogP contribution is 2.33. The van der Waals surface area contributed by atoms with Crippen LogP contribution >= 0.6 is 43.5 Å². The van der Waals surface area contributed by atoms with Gasteiger partial charge in [0.2, 0.25) is 0 Å². The Balaban J connectivity index is 2.56. The predicted molar refractivity (Wildman–Crippen MR) is 88.8 cm³/mol. The van der Waals surface area contributed by atoms with Crippen LogP contribution < -0.4 is 5.32 Å². The van der Waals surface area contributed by atoms with Gasteiger partial charge >= 0.3 is 0 Å². The van der Waals surface area contributed by atoms with Crippen molar-refractivity contribution in [2.45, 2.75) is 13.0 Å². The minimum Gasteiger partial charge on any atom is -0.306 e. The molecule has 2 aromatic carbocycles. The highest BCUT2D eigenvalue weighted by Gasteiger charge is 2.20. The monoisotopic (exact) mass is 419 g/mol. The molecule has 2 rings (SSSR count). The van der Waals surface area contributed by atoms with E-state index in [9.17, 15) is 4.39 Å². The van der Waals surface area contributed by atoms with Gasteiger partial charge in [0.15, 0.2) is 0 Å². The summed E-state index contributed by atoms with van der Waals surface area (Å²) in [5.74, 6) is -0.382. The van der Waals surface area contributed by atoms with Crippen LogP contribution in [-0.2, 0) is 0 Å². The molecule has 0 aliphatic heterocycles. The Kier molecular flexibility index (Phi) is 5.61. The van der Waals surface area contributed by atoms with Gasteiger partial charge in [0.1, 0.15) is 5.82 Å². The molecule has 0 radical (unpaired) electrons. The third-order valence-electron chi connectivity index (χ3n) is 2.97. The summed E-state index contributed by atoms with van der Waals surface area (Å²) >= 11 is 12.9. The molecule has 1 atom stereocenters. The lowest BCUT2D eigenvalue weighted by Crippen LogP contribution is -2.23. The Labute approximate surface area is 139 Å². The van der Waals surface area contributed by atoms with Crippen molar-refractivity contribution in [1.82, 2.24) is 5.32 Å². The van der Waals surface area contributed by atoms with Gasteiger partial charge in [0.25, 0.3) is 0 Å². The van der Waals surface area contributed by atoms with Crippen molar-refractivity contribution in [1.29, 1.82) is 0 Å². The minimum atomic E-state index is -0.382. The predicted octanol–water partition coefficient (Wildman–Crippen LogP) is 5.70. The van der Waals surface area contributed by atoms with E-state index in [0.29, 0.717) is 5.56 Å². The summed E-state index contributed by atoms with van der Waals surface area (Å²) in [5.41, 5.74) is 1.50. The van der Waals surface area contributed by atoms with Crippen molar-refractivity contribution < 1.29 is 4.39 Å². The molecule has 106 valence electrons. The average Bonchev–Trinajstić information content (AvgIpc) is 2.43. The first kappa shape index (κ1) is 16.0. The first-order valence-corrected chi connectivity index (χ1v) is 8.13. The van der Waals surface area contributed by atoms with Gasteiger partial charge in [-0.15, -0.1) is 0 Å². The van der Waals surface area contributed by atoms with Gasteiger partial charge in [-0.05, 0) is 36.4 Å². The zero-order valence-electron chi connectivity index (χ0n) is 10.8. The average molecular weight is 422 g/mol. The molecule has 1 unspecified atom stereocenters. The van der Waals surface area contributed by atoms with Crippen molar-refractivity contribution in [3.63, 3.8) is 0 Å². The van der Waals surface area contributed by atoms with E-state index in [4.69, 9.17) is 11.6 Å². The van der Waals surface area contributed by atoms with Crippen LogP contribution in [0.1, 0.15) is 24.1 Å². The Hall–Kier alpha value is -0.420. The molecule has 0 saturated carbocycles. The largest absolute Gasteiger partial charge is 0.306 e. The van der Waals surface area contributed by atoms with E-state index in [2.05, 4.69) is 37.2 Å². The second-order valence-electron chi connectivity index (χ2n) is 4.30. The smallest absolute Gasteiger partial charge is 0.146 e. The van der Waals surface area contributed by atoms with Gasteiger partial charge in [0.05, 0.1) is 11.1 Å². The highest BCUT2D eigenvalue weighted by molar-refractivity contribution is 9.11. The molecule has 0 aliphatic rings. The van der Waals surface area contributed by atoms with Crippen molar-refractivity contribution in [3.8, 4) is 0 Å². The lowest BCUT2D eigenvalue weighted by atomic mass is 9.98. The second kappa shape index (κ2) is 7.03. The van der Waals surface area contributed by atoms with Crippen LogP contribution in [-0.4, -0.2) is 6.54 Å². The summed E-state index contributed by atoms with van der Waals surface area (Å²) in [4.78, 5) is 0. The van der Waals surface area contributed by atoms with Crippen molar-refractivity contribution in [3.05, 3.63) is 67.3 Å². The first-order valence-electron chi connectivity index (χ1n) is 6.16. The summed E-state index contributed by atoms with van der Waals surface area (Å²) in [6.07, 6.45) is 0. The molecule has 0 amide bonds. The van der Waals surface area contributed by atoms with Crippen molar-refractivity contribution >= 4 is 43.5 Å². The van der Waals surface area contributed by atoms with Crippen LogP contribution in [0.15, 0.2) is 45.3 Å². The molecule has 0 bridgehead atoms. The minimum absolute atomic E-state index is 0.136. The summed E-state index contributed by atoms with van der Waals surface area (Å²) in [6.45, 7) is 2.71. The fourth-order valence-corrected chi connectivity index (χ4v) is 3.11. The molecule has 0 fully saturated rings. The Morgan fingerprint density at radius 1 is 1.20 bits per heavy atom. The van der Waals surface area contributed by atoms with Crippen LogP contribution in [0.5, 0.6) is 0 Å². The van der Waals surface area contributed by atoms with Crippen molar-refractivity contribution in [2.75, 3.05) is 6.54 Å². The number of halogens is 4. The maximum atomic E-state index is 14.3. The molecular formula is C15H13Br2ClFN. The van der Waals surface area contributed by atoms with Gasteiger partial charge in [-0.2, -0.15) is 0 Å². The van der Waals surface area contributed by atoms with Crippen LogP contribution in [0, 0.1) is 5.82 Å². The van der Waals surface area contributed by atoms with Gasteiger partial charge in [0, 0.05) is 14.5 Å². The number of nitrogens with one attached hydrogen (secondary N) is 1. The molecule has 0 aromatic heterocycles. The molecule has 1 N–H and O–H groups in total. The standard InChI is InChI=1S/C15H13Br2ClFN/c1-2-20-15(10-4-3-5-13(18)14(10)19)11-8-9(16)6-7-12(11)17/h3-8,15,20H,2H2,1H3. The summed E-state index contributed by atoms with van der Waals surface area (Å²) < 4.78 is 16.2. The highest BCUT2D eigenvalue weighted by atomic mass is 79.9. The van der Waals surface area contributed by atoms with E-state index in [1.54, 1.807) is 18.2 Å². The molecule has 0 spiro atoms. The molecule has 2 aromatic rings. The molecule has 1 nitrogen and oxygen atoms in total. The zero-order chi connectivity index (χ0) is 14.7. The molecule has 5 heteroatoms. The summed E-state index contributed by atoms with van der Waals surface area (Å²) in [6, 6.07) is 10.7. The first-order chi connectivity index (χ1) is 9.54. The van der Waals surface area contributed by atoms with Crippen LogP contribution in [0.3, 0.4) is 0 Å². The lowest BCUT2D eigenvalue weighted by Gasteiger charge is -2.21. The van der Waals surface area contributed by atoms with Crippen LogP contribution in [0.25, 0.3) is 0 Å². The van der Waals surface area contributed by atoms with E-state index in [1.807, 2.05) is 25.1 Å². The number of benzene rings is 2. The summed E-state index contributed by atoms with van der Waals surface area (Å²) in [5, 5.41) is 3.44. The Morgan fingerprint density at radius 3 is 2.65 bits per heavy atom. The molecule has 0 aliphatic carbocycles. The lowest BCUT2D eigenvalue weighted by molar-refractivity contribution is 0.558. The summed E-state index contributed by atoms with van der Waals surface area (Å²) in [7, 11) is 0. The van der Waals surface area contributed by atoms with Crippen LogP contribution in [0.2, 0.25) is 5.02 Å². The fraction of sp³-hybridized carbons (Fsp3) is 0.200. The molecular weight excluding hydrogens is 408 g/mol. The van der Waals surface area contributed by atoms with Gasteiger partial charge < -0.3 is 5.32 Å². The number of hydrogen-bond donors (Lipinski definition) is 1. The third kappa shape index (κ3) is 3.42. The SMILES string of the molecule is CCNC(c1cc(Br)ccc1Br)c1cccc(Cl)c1F. The molecule has 20 heavy (non-hydrogen) atoms. The fourth-order valence-electron chi connectivity index (χ4n) is 2.07. The maximum Gasteiger partial charge on any atom is 0.146 e. The Bertz CT molecular complexity index is 617. The number of rotatable bonds is 4.